The van der Waals surface area contributed by atoms with E-state index in [9.17, 15) is 9.59 Å². The number of carbonyl (C=O) groups is 2. The van der Waals surface area contributed by atoms with Crippen LogP contribution in [-0.2, 0) is 4.79 Å². The first-order valence-electron chi connectivity index (χ1n) is 7.38. The molecule has 0 radical (unpaired) electrons. The largest absolute Gasteiger partial charge is 0.374 e. The van der Waals surface area contributed by atoms with Gasteiger partial charge in [-0.05, 0) is 31.2 Å². The third kappa shape index (κ3) is 4.78. The summed E-state index contributed by atoms with van der Waals surface area (Å²) < 4.78 is 0.669. The molecular formula is C16H20N4O2S2. The number of Topliss-reactive ketones (excluding diaryl/α,β-unsaturated/α-hetero) is 1. The number of nitrogen functional groups attached to an aromatic ring is 1. The molecule has 24 heavy (non-hydrogen) atoms. The molecule has 3 N–H and O–H groups in total. The quantitative estimate of drug-likeness (QED) is 0.623. The van der Waals surface area contributed by atoms with E-state index in [0.29, 0.717) is 20.7 Å². The average molecular weight is 364 g/mol. The van der Waals surface area contributed by atoms with Gasteiger partial charge in [-0.2, -0.15) is 0 Å². The topological polar surface area (TPSA) is 98.0 Å². The Kier molecular flexibility index (Phi) is 5.61. The van der Waals surface area contributed by atoms with E-state index in [1.54, 1.807) is 24.3 Å². The Balaban J connectivity index is 2.01. The number of anilines is 2. The van der Waals surface area contributed by atoms with Crippen molar-refractivity contribution in [3.8, 4) is 0 Å². The summed E-state index contributed by atoms with van der Waals surface area (Å²) in [4.78, 5) is 24.4. The van der Waals surface area contributed by atoms with Crippen molar-refractivity contribution < 1.29 is 9.59 Å². The summed E-state index contributed by atoms with van der Waals surface area (Å²) in [5, 5.41) is 10.6. The zero-order chi connectivity index (χ0) is 17.9. The number of rotatable bonds is 5. The zero-order valence-electron chi connectivity index (χ0n) is 14.0. The number of nitrogens with zero attached hydrogens (tertiary/aromatic N) is 2. The highest BCUT2D eigenvalue weighted by Crippen LogP contribution is 2.29. The summed E-state index contributed by atoms with van der Waals surface area (Å²) in [5.74, 6) is -0.0816. The van der Waals surface area contributed by atoms with E-state index < -0.39 is 5.41 Å². The first kappa shape index (κ1) is 18.4. The zero-order valence-corrected chi connectivity index (χ0v) is 15.6. The number of carbonyl (C=O) groups excluding carboxylic acids is 2. The van der Waals surface area contributed by atoms with Crippen molar-refractivity contribution >= 4 is 45.6 Å². The van der Waals surface area contributed by atoms with E-state index in [-0.39, 0.29) is 16.9 Å². The fourth-order valence-electron chi connectivity index (χ4n) is 1.74. The second-order valence-electron chi connectivity index (χ2n) is 6.31. The number of hydrogen-bond donors (Lipinski definition) is 2. The number of hydrogen-bond acceptors (Lipinski definition) is 7. The third-order valence-corrected chi connectivity index (χ3v) is 5.11. The Morgan fingerprint density at radius 3 is 2.33 bits per heavy atom. The van der Waals surface area contributed by atoms with E-state index in [1.165, 1.54) is 23.1 Å². The van der Waals surface area contributed by atoms with Gasteiger partial charge in [0.05, 0.1) is 5.25 Å². The van der Waals surface area contributed by atoms with Gasteiger partial charge in [0.1, 0.15) is 0 Å². The van der Waals surface area contributed by atoms with Crippen molar-refractivity contribution in [3.63, 3.8) is 0 Å². The van der Waals surface area contributed by atoms with Crippen LogP contribution in [0.2, 0.25) is 0 Å². The van der Waals surface area contributed by atoms with E-state index in [4.69, 9.17) is 5.73 Å². The Morgan fingerprint density at radius 1 is 1.21 bits per heavy atom. The van der Waals surface area contributed by atoms with Crippen LogP contribution in [0, 0.1) is 5.41 Å². The van der Waals surface area contributed by atoms with Crippen LogP contribution in [-0.4, -0.2) is 27.1 Å². The third-order valence-electron chi connectivity index (χ3n) is 3.18. The Labute approximate surface area is 149 Å². The molecule has 1 amide bonds. The second kappa shape index (κ2) is 7.31. The molecule has 0 aliphatic heterocycles. The lowest BCUT2D eigenvalue weighted by Gasteiger charge is -2.17. The molecule has 0 spiro atoms. The van der Waals surface area contributed by atoms with Crippen molar-refractivity contribution in [2.45, 2.75) is 37.3 Å². The van der Waals surface area contributed by atoms with Gasteiger partial charge in [0.15, 0.2) is 10.1 Å². The number of nitrogens with one attached hydrogen (secondary N) is 1. The highest BCUT2D eigenvalue weighted by Gasteiger charge is 2.22. The van der Waals surface area contributed by atoms with Crippen LogP contribution in [0.5, 0.6) is 0 Å². The molecule has 0 saturated carbocycles. The molecular weight excluding hydrogens is 344 g/mol. The van der Waals surface area contributed by atoms with Gasteiger partial charge in [0.25, 0.3) is 0 Å². The molecule has 6 nitrogen and oxygen atoms in total. The first-order chi connectivity index (χ1) is 11.2. The minimum Gasteiger partial charge on any atom is -0.374 e. The van der Waals surface area contributed by atoms with Gasteiger partial charge in [0.2, 0.25) is 11.0 Å². The number of ketones is 1. The van der Waals surface area contributed by atoms with Crippen molar-refractivity contribution in [2.24, 2.45) is 5.41 Å². The predicted molar refractivity (Wildman–Crippen MR) is 98.5 cm³/mol. The van der Waals surface area contributed by atoms with Gasteiger partial charge in [-0.1, -0.05) is 43.9 Å². The molecule has 0 fully saturated rings. The van der Waals surface area contributed by atoms with Gasteiger partial charge < -0.3 is 11.1 Å². The van der Waals surface area contributed by atoms with E-state index >= 15 is 0 Å². The van der Waals surface area contributed by atoms with Crippen LogP contribution in [0.3, 0.4) is 0 Å². The number of amides is 1. The molecule has 128 valence electrons. The molecule has 0 bridgehead atoms. The molecule has 1 aromatic carbocycles. The van der Waals surface area contributed by atoms with Crippen LogP contribution < -0.4 is 11.1 Å². The molecule has 0 aliphatic carbocycles. The lowest BCUT2D eigenvalue weighted by Crippen LogP contribution is -2.27. The van der Waals surface area contributed by atoms with Gasteiger partial charge in [-0.15, -0.1) is 10.2 Å². The molecule has 1 aromatic heterocycles. The Bertz CT molecular complexity index is 735. The summed E-state index contributed by atoms with van der Waals surface area (Å²) in [6.45, 7) is 7.36. The Morgan fingerprint density at radius 2 is 1.83 bits per heavy atom. The highest BCUT2D eigenvalue weighted by molar-refractivity contribution is 8.02. The normalized spacial score (nSPS) is 12.7. The number of benzene rings is 1. The van der Waals surface area contributed by atoms with Crippen molar-refractivity contribution in [1.82, 2.24) is 10.2 Å². The van der Waals surface area contributed by atoms with Gasteiger partial charge in [-0.25, -0.2) is 0 Å². The lowest BCUT2D eigenvalue weighted by molar-refractivity contribution is -0.123. The summed E-state index contributed by atoms with van der Waals surface area (Å²) in [7, 11) is 0. The summed E-state index contributed by atoms with van der Waals surface area (Å²) in [6.07, 6.45) is 0. The minimum absolute atomic E-state index is 0.0116. The Hall–Kier alpha value is -1.93. The molecule has 0 unspecified atom stereocenters. The van der Waals surface area contributed by atoms with E-state index in [1.807, 2.05) is 27.7 Å². The average Bonchev–Trinajstić information content (AvgIpc) is 2.91. The van der Waals surface area contributed by atoms with Crippen LogP contribution in [0.4, 0.5) is 10.8 Å². The maximum absolute atomic E-state index is 12.5. The molecule has 8 heteroatoms. The van der Waals surface area contributed by atoms with Crippen LogP contribution in [0.25, 0.3) is 0 Å². The fraction of sp³-hybridized carbons (Fsp3) is 0.375. The molecule has 0 aliphatic rings. The molecule has 2 rings (SSSR count). The summed E-state index contributed by atoms with van der Waals surface area (Å²) in [6, 6.07) is 6.90. The smallest absolute Gasteiger partial charge is 0.229 e. The van der Waals surface area contributed by atoms with Gasteiger partial charge in [-0.3, -0.25) is 9.59 Å². The van der Waals surface area contributed by atoms with Gasteiger partial charge in [0, 0.05) is 16.7 Å². The highest BCUT2D eigenvalue weighted by atomic mass is 32.2. The van der Waals surface area contributed by atoms with Crippen molar-refractivity contribution in [1.29, 1.82) is 0 Å². The fourth-order valence-corrected chi connectivity index (χ4v) is 3.60. The van der Waals surface area contributed by atoms with E-state index in [2.05, 4.69) is 15.5 Å². The number of aromatic nitrogens is 2. The maximum atomic E-state index is 12.5. The molecule has 0 saturated heterocycles. The molecule has 1 atom stereocenters. The second-order valence-corrected chi connectivity index (χ2v) is 8.91. The van der Waals surface area contributed by atoms with Crippen molar-refractivity contribution in [2.75, 3.05) is 11.1 Å². The minimum atomic E-state index is -0.469. The van der Waals surface area contributed by atoms with Crippen molar-refractivity contribution in [3.05, 3.63) is 29.8 Å². The predicted octanol–water partition coefficient (Wildman–Crippen LogP) is 3.47. The summed E-state index contributed by atoms with van der Waals surface area (Å²) in [5.41, 5.74) is 6.33. The van der Waals surface area contributed by atoms with Crippen LogP contribution >= 0.6 is 23.1 Å². The standard InChI is InChI=1S/C16H20N4O2S2/c1-9(23-15-20-19-14(17)24-15)12(21)10-5-7-11(8-6-10)18-13(22)16(2,3)4/h5-9H,1-4H3,(H2,17,19)(H,18,22)/t9-/m1/s1. The molecule has 1 heterocycles. The maximum Gasteiger partial charge on any atom is 0.229 e. The molecule has 2 aromatic rings. The number of thioether (sulfide) groups is 1. The van der Waals surface area contributed by atoms with Crippen LogP contribution in [0.1, 0.15) is 38.1 Å². The lowest BCUT2D eigenvalue weighted by atomic mass is 9.95. The first-order valence-corrected chi connectivity index (χ1v) is 9.08. The van der Waals surface area contributed by atoms with Gasteiger partial charge >= 0.3 is 0 Å². The summed E-state index contributed by atoms with van der Waals surface area (Å²) >= 11 is 2.59. The SMILES string of the molecule is C[C@@H](Sc1nnc(N)s1)C(=O)c1ccc(NC(=O)C(C)(C)C)cc1. The van der Waals surface area contributed by atoms with E-state index in [0.717, 1.165) is 0 Å². The van der Waals surface area contributed by atoms with Crippen LogP contribution in [0.15, 0.2) is 28.6 Å². The number of nitrogens with two attached hydrogens (primary N) is 1. The monoisotopic (exact) mass is 364 g/mol.